The molecule has 2 N–H and O–H groups in total. The highest BCUT2D eigenvalue weighted by Crippen LogP contribution is 2.13. The Morgan fingerprint density at radius 2 is 1.92 bits per heavy atom. The molecule has 0 spiro atoms. The van der Waals surface area contributed by atoms with E-state index in [1.165, 1.54) is 5.01 Å². The molecule has 0 aromatic rings. The van der Waals surface area contributed by atoms with Crippen LogP contribution >= 0.6 is 0 Å². The molecule has 3 nitrogen and oxygen atoms in total. The Balaban J connectivity index is 3.83. The van der Waals surface area contributed by atoms with Crippen LogP contribution in [0.5, 0.6) is 0 Å². The fraction of sp³-hybridized carbons (Fsp3) is 0.900. The lowest BCUT2D eigenvalue weighted by molar-refractivity contribution is -0.132. The maximum Gasteiger partial charge on any atom is 0.236 e. The highest BCUT2D eigenvalue weighted by atomic mass is 16.2. The molecule has 0 bridgehead atoms. The highest BCUT2D eigenvalue weighted by molar-refractivity contribution is 5.75. The van der Waals surface area contributed by atoms with Crippen molar-refractivity contribution in [2.75, 3.05) is 6.54 Å². The molecule has 0 saturated carbocycles. The number of hydrogen-bond acceptors (Lipinski definition) is 2. The number of unbranched alkanes of at least 4 members (excludes halogenated alkanes) is 1. The second kappa shape index (κ2) is 5.22. The quantitative estimate of drug-likeness (QED) is 0.414. The SMILES string of the molecule is CCCCC(=O)N(N)CC(C)(C)C. The second-order valence-electron chi connectivity index (χ2n) is 4.69. The van der Waals surface area contributed by atoms with Crippen LogP contribution < -0.4 is 5.84 Å². The van der Waals surface area contributed by atoms with E-state index in [1.807, 2.05) is 0 Å². The van der Waals surface area contributed by atoms with Gasteiger partial charge in [0.1, 0.15) is 0 Å². The second-order valence-corrected chi connectivity index (χ2v) is 4.69. The Hall–Kier alpha value is -0.570. The molecule has 0 aliphatic rings. The molecule has 0 fully saturated rings. The molecule has 0 aliphatic heterocycles. The summed E-state index contributed by atoms with van der Waals surface area (Å²) in [5, 5.41) is 1.34. The molecular weight excluding hydrogens is 164 g/mol. The molecule has 0 rings (SSSR count). The number of carbonyl (C=O) groups is 1. The minimum absolute atomic E-state index is 0.0526. The van der Waals surface area contributed by atoms with Crippen molar-refractivity contribution >= 4 is 5.91 Å². The molecular formula is C10H22N2O. The van der Waals surface area contributed by atoms with Gasteiger partial charge in [-0.25, -0.2) is 5.84 Å². The molecule has 0 heterocycles. The number of carbonyl (C=O) groups excluding carboxylic acids is 1. The minimum Gasteiger partial charge on any atom is -0.280 e. The Morgan fingerprint density at radius 3 is 2.31 bits per heavy atom. The zero-order valence-corrected chi connectivity index (χ0v) is 9.26. The maximum absolute atomic E-state index is 11.4. The van der Waals surface area contributed by atoms with E-state index in [4.69, 9.17) is 5.84 Å². The van der Waals surface area contributed by atoms with E-state index in [1.54, 1.807) is 0 Å². The predicted octanol–water partition coefficient (Wildman–Crippen LogP) is 1.93. The third kappa shape index (κ3) is 6.58. The van der Waals surface area contributed by atoms with Gasteiger partial charge in [-0.15, -0.1) is 0 Å². The van der Waals surface area contributed by atoms with E-state index in [-0.39, 0.29) is 11.3 Å². The average molecular weight is 186 g/mol. The van der Waals surface area contributed by atoms with Gasteiger partial charge >= 0.3 is 0 Å². The van der Waals surface area contributed by atoms with Crippen LogP contribution in [0.25, 0.3) is 0 Å². The van der Waals surface area contributed by atoms with E-state index >= 15 is 0 Å². The average Bonchev–Trinajstić information content (AvgIpc) is 1.96. The van der Waals surface area contributed by atoms with Crippen LogP contribution in [0.4, 0.5) is 0 Å². The third-order valence-corrected chi connectivity index (χ3v) is 1.71. The van der Waals surface area contributed by atoms with Gasteiger partial charge < -0.3 is 0 Å². The fourth-order valence-electron chi connectivity index (χ4n) is 1.07. The van der Waals surface area contributed by atoms with E-state index in [9.17, 15) is 4.79 Å². The topological polar surface area (TPSA) is 46.3 Å². The van der Waals surface area contributed by atoms with Gasteiger partial charge in [0.15, 0.2) is 0 Å². The number of amides is 1. The van der Waals surface area contributed by atoms with Crippen LogP contribution in [-0.4, -0.2) is 17.5 Å². The number of rotatable bonds is 4. The van der Waals surface area contributed by atoms with Crippen LogP contribution in [0.2, 0.25) is 0 Å². The first-order valence-electron chi connectivity index (χ1n) is 4.92. The van der Waals surface area contributed by atoms with Gasteiger partial charge in [-0.1, -0.05) is 34.1 Å². The van der Waals surface area contributed by atoms with Crippen LogP contribution in [0.1, 0.15) is 47.0 Å². The molecule has 0 aromatic heterocycles. The van der Waals surface area contributed by atoms with Crippen molar-refractivity contribution in [3.63, 3.8) is 0 Å². The van der Waals surface area contributed by atoms with Crippen molar-refractivity contribution in [2.45, 2.75) is 47.0 Å². The molecule has 3 heteroatoms. The molecule has 0 aliphatic carbocycles. The Labute approximate surface area is 81.3 Å². The van der Waals surface area contributed by atoms with Crippen molar-refractivity contribution in [2.24, 2.45) is 11.3 Å². The van der Waals surface area contributed by atoms with Gasteiger partial charge in [-0.05, 0) is 11.8 Å². The predicted molar refractivity (Wildman–Crippen MR) is 54.9 cm³/mol. The summed E-state index contributed by atoms with van der Waals surface area (Å²) in [6.45, 7) is 8.90. The normalized spacial score (nSPS) is 11.5. The first-order valence-corrected chi connectivity index (χ1v) is 4.92. The summed E-state index contributed by atoms with van der Waals surface area (Å²) in [5.41, 5.74) is 0.0800. The van der Waals surface area contributed by atoms with Crippen LogP contribution in [0.3, 0.4) is 0 Å². The molecule has 78 valence electrons. The smallest absolute Gasteiger partial charge is 0.236 e. The molecule has 1 amide bonds. The van der Waals surface area contributed by atoms with Crippen molar-refractivity contribution < 1.29 is 4.79 Å². The monoisotopic (exact) mass is 186 g/mol. The van der Waals surface area contributed by atoms with Crippen molar-refractivity contribution in [1.29, 1.82) is 0 Å². The summed E-state index contributed by atoms with van der Waals surface area (Å²) in [5.74, 6) is 5.68. The van der Waals surface area contributed by atoms with Crippen LogP contribution in [0.15, 0.2) is 0 Å². The molecule has 0 atom stereocenters. The summed E-state index contributed by atoms with van der Waals surface area (Å²) in [6, 6.07) is 0. The largest absolute Gasteiger partial charge is 0.280 e. The van der Waals surface area contributed by atoms with E-state index in [0.29, 0.717) is 13.0 Å². The maximum atomic E-state index is 11.4. The summed E-state index contributed by atoms with van der Waals surface area (Å²) < 4.78 is 0. The molecule has 0 unspecified atom stereocenters. The van der Waals surface area contributed by atoms with Crippen molar-refractivity contribution in [3.05, 3.63) is 0 Å². The number of nitrogens with two attached hydrogens (primary N) is 1. The summed E-state index contributed by atoms with van der Waals surface area (Å²) >= 11 is 0. The van der Waals surface area contributed by atoms with Crippen molar-refractivity contribution in [1.82, 2.24) is 5.01 Å². The fourth-order valence-corrected chi connectivity index (χ4v) is 1.07. The Bertz CT molecular complexity index is 161. The summed E-state index contributed by atoms with van der Waals surface area (Å²) in [6.07, 6.45) is 2.54. The molecule has 13 heavy (non-hydrogen) atoms. The standard InChI is InChI=1S/C10H22N2O/c1-5-6-7-9(13)12(11)8-10(2,3)4/h5-8,11H2,1-4H3. The Kier molecular flexibility index (Phi) is 4.99. The number of hydrogen-bond donors (Lipinski definition) is 1. The van der Waals surface area contributed by atoms with Crippen LogP contribution in [0, 0.1) is 5.41 Å². The third-order valence-electron chi connectivity index (χ3n) is 1.71. The van der Waals surface area contributed by atoms with Gasteiger partial charge in [0.2, 0.25) is 5.91 Å². The van der Waals surface area contributed by atoms with Gasteiger partial charge in [-0.2, -0.15) is 0 Å². The summed E-state index contributed by atoms with van der Waals surface area (Å²) in [4.78, 5) is 11.4. The van der Waals surface area contributed by atoms with E-state index in [0.717, 1.165) is 12.8 Å². The minimum atomic E-state index is 0.0526. The zero-order chi connectivity index (χ0) is 10.5. The summed E-state index contributed by atoms with van der Waals surface area (Å²) in [7, 11) is 0. The van der Waals surface area contributed by atoms with Crippen LogP contribution in [-0.2, 0) is 4.79 Å². The zero-order valence-electron chi connectivity index (χ0n) is 9.26. The van der Waals surface area contributed by atoms with Crippen molar-refractivity contribution in [3.8, 4) is 0 Å². The van der Waals surface area contributed by atoms with Gasteiger partial charge in [-0.3, -0.25) is 9.80 Å². The van der Waals surface area contributed by atoms with Gasteiger partial charge in [0.05, 0.1) is 0 Å². The lowest BCUT2D eigenvalue weighted by Gasteiger charge is -2.25. The number of nitrogens with zero attached hydrogens (tertiary/aromatic N) is 1. The Morgan fingerprint density at radius 1 is 1.38 bits per heavy atom. The first kappa shape index (κ1) is 12.4. The lowest BCUT2D eigenvalue weighted by Crippen LogP contribution is -2.42. The number of hydrazine groups is 1. The molecule has 0 radical (unpaired) electrons. The lowest BCUT2D eigenvalue weighted by atomic mass is 9.96. The highest BCUT2D eigenvalue weighted by Gasteiger charge is 2.17. The first-order chi connectivity index (χ1) is 5.87. The van der Waals surface area contributed by atoms with E-state index < -0.39 is 0 Å². The molecule has 0 aromatic carbocycles. The molecule has 0 saturated heterocycles. The van der Waals surface area contributed by atoms with Gasteiger partial charge in [0.25, 0.3) is 0 Å². The van der Waals surface area contributed by atoms with Gasteiger partial charge in [0, 0.05) is 13.0 Å². The van der Waals surface area contributed by atoms with E-state index in [2.05, 4.69) is 27.7 Å².